The maximum absolute atomic E-state index is 10.0. The van der Waals surface area contributed by atoms with Gasteiger partial charge in [0, 0.05) is 39.8 Å². The fraction of sp³-hybridized carbons (Fsp3) is 0.143. The van der Waals surface area contributed by atoms with Gasteiger partial charge in [0.1, 0.15) is 5.75 Å². The van der Waals surface area contributed by atoms with E-state index in [0.29, 0.717) is 28.1 Å². The van der Waals surface area contributed by atoms with Crippen LogP contribution in [0.1, 0.15) is 11.1 Å². The first-order valence-corrected chi connectivity index (χ1v) is 9.42. The van der Waals surface area contributed by atoms with Crippen LogP contribution in [0.2, 0.25) is 15.1 Å². The van der Waals surface area contributed by atoms with Gasteiger partial charge in [-0.1, -0.05) is 46.9 Å². The summed E-state index contributed by atoms with van der Waals surface area (Å²) in [6.45, 7) is 1.36. The summed E-state index contributed by atoms with van der Waals surface area (Å²) in [6, 6.07) is 17.9. The molecule has 3 aromatic rings. The molecule has 0 aliphatic carbocycles. The highest BCUT2D eigenvalue weighted by Crippen LogP contribution is 2.35. The number of rotatable bonds is 6. The number of benzene rings is 3. The molecule has 3 nitrogen and oxygen atoms in total. The summed E-state index contributed by atoms with van der Waals surface area (Å²) in [5.74, 6) is 0.946. The van der Waals surface area contributed by atoms with Crippen LogP contribution < -0.4 is 4.74 Å². The number of phenols is 1. The molecule has 3 rings (SSSR count). The maximum atomic E-state index is 10.0. The van der Waals surface area contributed by atoms with Gasteiger partial charge < -0.3 is 9.84 Å². The van der Waals surface area contributed by atoms with Crippen molar-refractivity contribution < 1.29 is 9.84 Å². The van der Waals surface area contributed by atoms with Gasteiger partial charge in [0.05, 0.1) is 0 Å². The van der Waals surface area contributed by atoms with E-state index >= 15 is 0 Å². The van der Waals surface area contributed by atoms with Crippen molar-refractivity contribution in [1.29, 1.82) is 0 Å². The van der Waals surface area contributed by atoms with Gasteiger partial charge >= 0.3 is 0 Å². The van der Waals surface area contributed by atoms with Crippen molar-refractivity contribution in [3.63, 3.8) is 0 Å². The van der Waals surface area contributed by atoms with Gasteiger partial charge in [0.2, 0.25) is 0 Å². The van der Waals surface area contributed by atoms with Gasteiger partial charge in [-0.3, -0.25) is 4.90 Å². The molecule has 6 heteroatoms. The van der Waals surface area contributed by atoms with Crippen LogP contribution in [-0.4, -0.2) is 17.1 Å². The second kappa shape index (κ2) is 8.85. The molecule has 140 valence electrons. The van der Waals surface area contributed by atoms with Gasteiger partial charge in [-0.15, -0.1) is 0 Å². The van der Waals surface area contributed by atoms with Gasteiger partial charge in [-0.05, 0) is 55.1 Å². The molecule has 0 aliphatic heterocycles. The molecule has 27 heavy (non-hydrogen) atoms. The molecular weight excluding hydrogens is 405 g/mol. The van der Waals surface area contributed by atoms with E-state index in [0.717, 1.165) is 22.7 Å². The van der Waals surface area contributed by atoms with Crippen molar-refractivity contribution in [2.45, 2.75) is 13.1 Å². The number of halogens is 3. The topological polar surface area (TPSA) is 32.7 Å². The average Bonchev–Trinajstić information content (AvgIpc) is 2.61. The molecule has 1 N–H and O–H groups in total. The van der Waals surface area contributed by atoms with E-state index in [1.165, 1.54) is 6.07 Å². The SMILES string of the molecule is CN(Cc1ccc(Cl)cc1)Cc1cc(Cl)ccc1Oc1ccc(Cl)cc1O. The molecule has 0 saturated heterocycles. The lowest BCUT2D eigenvalue weighted by Crippen LogP contribution is -2.17. The van der Waals surface area contributed by atoms with E-state index < -0.39 is 0 Å². The monoisotopic (exact) mass is 421 g/mol. The first-order chi connectivity index (χ1) is 12.9. The van der Waals surface area contributed by atoms with Crippen LogP contribution in [0.25, 0.3) is 0 Å². The number of hydrogen-bond acceptors (Lipinski definition) is 3. The largest absolute Gasteiger partial charge is 0.504 e. The summed E-state index contributed by atoms with van der Waals surface area (Å²) in [5, 5.41) is 11.8. The molecule has 0 amide bonds. The summed E-state index contributed by atoms with van der Waals surface area (Å²) in [7, 11) is 2.01. The first kappa shape index (κ1) is 19.8. The minimum absolute atomic E-state index is 0.0158. The fourth-order valence-electron chi connectivity index (χ4n) is 2.71. The number of ether oxygens (including phenoxy) is 1. The molecule has 0 fully saturated rings. The van der Waals surface area contributed by atoms with Gasteiger partial charge in [-0.25, -0.2) is 0 Å². The summed E-state index contributed by atoms with van der Waals surface area (Å²) in [5.41, 5.74) is 2.06. The molecule has 0 unspecified atom stereocenters. The molecule has 0 atom stereocenters. The second-order valence-corrected chi connectivity index (χ2v) is 7.57. The smallest absolute Gasteiger partial charge is 0.169 e. The average molecular weight is 423 g/mol. The summed E-state index contributed by atoms with van der Waals surface area (Å²) in [4.78, 5) is 2.14. The van der Waals surface area contributed by atoms with Crippen LogP contribution in [0, 0.1) is 0 Å². The lowest BCUT2D eigenvalue weighted by atomic mass is 10.1. The molecule has 0 saturated carbocycles. The lowest BCUT2D eigenvalue weighted by Gasteiger charge is -2.19. The predicted molar refractivity (Wildman–Crippen MR) is 111 cm³/mol. The van der Waals surface area contributed by atoms with Crippen molar-refractivity contribution in [2.75, 3.05) is 7.05 Å². The Hall–Kier alpha value is -1.91. The summed E-state index contributed by atoms with van der Waals surface area (Å²) in [6.07, 6.45) is 0. The Bertz CT molecular complexity index is 929. The highest BCUT2D eigenvalue weighted by atomic mass is 35.5. The number of aromatic hydroxyl groups is 1. The number of phenolic OH excluding ortho intramolecular Hbond substituents is 1. The third kappa shape index (κ3) is 5.53. The van der Waals surface area contributed by atoms with Crippen molar-refractivity contribution in [3.05, 3.63) is 86.9 Å². The third-order valence-electron chi connectivity index (χ3n) is 3.97. The number of hydrogen-bond donors (Lipinski definition) is 1. The van der Waals surface area contributed by atoms with Gasteiger partial charge in [0.25, 0.3) is 0 Å². The van der Waals surface area contributed by atoms with Crippen LogP contribution in [0.15, 0.2) is 60.7 Å². The van der Waals surface area contributed by atoms with E-state index in [4.69, 9.17) is 39.5 Å². The van der Waals surface area contributed by atoms with Crippen molar-refractivity contribution >= 4 is 34.8 Å². The lowest BCUT2D eigenvalue weighted by molar-refractivity contribution is 0.313. The van der Waals surface area contributed by atoms with Crippen molar-refractivity contribution in [2.24, 2.45) is 0 Å². The second-order valence-electron chi connectivity index (χ2n) is 6.26. The van der Waals surface area contributed by atoms with Crippen LogP contribution in [0.5, 0.6) is 17.2 Å². The first-order valence-electron chi connectivity index (χ1n) is 8.28. The Morgan fingerprint density at radius 2 is 1.37 bits per heavy atom. The Kier molecular flexibility index (Phi) is 6.51. The molecule has 0 radical (unpaired) electrons. The van der Waals surface area contributed by atoms with Crippen molar-refractivity contribution in [1.82, 2.24) is 4.90 Å². The zero-order valence-electron chi connectivity index (χ0n) is 14.6. The Morgan fingerprint density at radius 1 is 0.778 bits per heavy atom. The Morgan fingerprint density at radius 3 is 2.04 bits per heavy atom. The molecule has 0 spiro atoms. The molecular formula is C21H18Cl3NO2. The van der Waals surface area contributed by atoms with E-state index in [1.807, 2.05) is 37.4 Å². The molecule has 0 bridgehead atoms. The highest BCUT2D eigenvalue weighted by molar-refractivity contribution is 6.31. The van der Waals surface area contributed by atoms with E-state index in [1.54, 1.807) is 24.3 Å². The summed E-state index contributed by atoms with van der Waals surface area (Å²) >= 11 is 18.0. The quantitative estimate of drug-likeness (QED) is 0.475. The van der Waals surface area contributed by atoms with E-state index in [2.05, 4.69) is 4.90 Å². The van der Waals surface area contributed by atoms with E-state index in [-0.39, 0.29) is 5.75 Å². The maximum Gasteiger partial charge on any atom is 0.169 e. The molecule has 0 aromatic heterocycles. The summed E-state index contributed by atoms with van der Waals surface area (Å²) < 4.78 is 5.91. The van der Waals surface area contributed by atoms with Crippen LogP contribution in [-0.2, 0) is 13.1 Å². The highest BCUT2D eigenvalue weighted by Gasteiger charge is 2.12. The van der Waals surface area contributed by atoms with Gasteiger partial charge in [-0.2, -0.15) is 0 Å². The van der Waals surface area contributed by atoms with Crippen molar-refractivity contribution in [3.8, 4) is 17.2 Å². The fourth-order valence-corrected chi connectivity index (χ4v) is 3.20. The van der Waals surface area contributed by atoms with Crippen LogP contribution in [0.3, 0.4) is 0 Å². The van der Waals surface area contributed by atoms with Crippen LogP contribution in [0.4, 0.5) is 0 Å². The molecule has 3 aromatic carbocycles. The molecule has 0 heterocycles. The normalized spacial score (nSPS) is 11.0. The molecule has 0 aliphatic rings. The Labute approximate surface area is 173 Å². The number of nitrogens with zero attached hydrogens (tertiary/aromatic N) is 1. The van der Waals surface area contributed by atoms with Crippen LogP contribution >= 0.6 is 34.8 Å². The predicted octanol–water partition coefficient (Wildman–Crippen LogP) is 6.78. The zero-order chi connectivity index (χ0) is 19.4. The Balaban J connectivity index is 1.78. The standard InChI is InChI=1S/C21H18Cl3NO2/c1-25(12-14-2-4-16(22)5-3-14)13-15-10-17(23)6-8-20(15)27-21-9-7-18(24)11-19(21)26/h2-11,26H,12-13H2,1H3. The van der Waals surface area contributed by atoms with E-state index in [9.17, 15) is 5.11 Å². The minimum Gasteiger partial charge on any atom is -0.504 e. The van der Waals surface area contributed by atoms with Gasteiger partial charge in [0.15, 0.2) is 11.5 Å². The minimum atomic E-state index is -0.0158. The third-order valence-corrected chi connectivity index (χ3v) is 4.69. The zero-order valence-corrected chi connectivity index (χ0v) is 16.9.